The second-order valence-electron chi connectivity index (χ2n) is 3.50. The summed E-state index contributed by atoms with van der Waals surface area (Å²) in [6.45, 7) is -0.919. The van der Waals surface area contributed by atoms with E-state index in [4.69, 9.17) is 16.0 Å². The molecule has 0 unspecified atom stereocenters. The monoisotopic (exact) mass is 253 g/mol. The van der Waals surface area contributed by atoms with Crippen molar-refractivity contribution in [2.45, 2.75) is 30.7 Å². The number of hydrogen-bond donors (Lipinski definition) is 4. The normalized spacial score (nSPS) is 38.6. The number of aliphatic hydroxyl groups is 4. The van der Waals surface area contributed by atoms with E-state index in [0.717, 1.165) is 0 Å². The predicted molar refractivity (Wildman–Crippen MR) is 51.7 cm³/mol. The highest BCUT2D eigenvalue weighted by atomic mass is 16.7. The van der Waals surface area contributed by atoms with Crippen LogP contribution in [0.1, 0.15) is 1.37 Å². The van der Waals surface area contributed by atoms with Gasteiger partial charge in [-0.3, -0.25) is 4.79 Å². The summed E-state index contributed by atoms with van der Waals surface area (Å²) in [5.74, 6) is 0. The third-order valence-electron chi connectivity index (χ3n) is 2.37. The summed E-state index contributed by atoms with van der Waals surface area (Å²) in [4.78, 5) is 10.2. The Hall–Kier alpha value is -0.770. The van der Waals surface area contributed by atoms with Crippen LogP contribution in [0.5, 0.6) is 0 Å². The van der Waals surface area contributed by atoms with E-state index >= 15 is 0 Å². The van der Waals surface area contributed by atoms with Crippen LogP contribution in [-0.4, -0.2) is 77.4 Å². The third-order valence-corrected chi connectivity index (χ3v) is 2.37. The highest BCUT2D eigenvalue weighted by Crippen LogP contribution is 2.21. The molecule has 8 nitrogen and oxygen atoms in total. The highest BCUT2D eigenvalue weighted by Gasteiger charge is 2.43. The first-order chi connectivity index (χ1) is 8.47. The zero-order chi connectivity index (χ0) is 13.7. The number of carbonyl (C=O) groups is 1. The van der Waals surface area contributed by atoms with Crippen LogP contribution in [-0.2, 0) is 19.0 Å². The van der Waals surface area contributed by atoms with Crippen LogP contribution >= 0.6 is 0 Å². The molecule has 0 radical (unpaired) electrons. The summed E-state index contributed by atoms with van der Waals surface area (Å²) in [7, 11) is 0. The molecular weight excluding hydrogens is 236 g/mol. The van der Waals surface area contributed by atoms with E-state index in [2.05, 4.69) is 4.74 Å². The Kier molecular flexibility index (Phi) is 5.10. The van der Waals surface area contributed by atoms with Crippen molar-refractivity contribution in [1.82, 2.24) is 0 Å². The lowest BCUT2D eigenvalue weighted by atomic mass is 9.99. The minimum Gasteiger partial charge on any atom is -0.465 e. The lowest BCUT2D eigenvalue weighted by molar-refractivity contribution is -0.302. The molecule has 5 atom stereocenters. The standard InChI is InChI=1S/C9H16O8/c10-3-5-6(12)7(13)8(14)9(17-5)16-2-1-15-4-11/h4-10,12-14H,1-3H2/t5-,6-,7+,8-,9-/m1/s1/i4D. The van der Waals surface area contributed by atoms with Gasteiger partial charge in [0.1, 0.15) is 31.0 Å². The second-order valence-corrected chi connectivity index (χ2v) is 3.50. The number of ether oxygens (including phenoxy) is 3. The zero-order valence-corrected chi connectivity index (χ0v) is 8.93. The van der Waals surface area contributed by atoms with Crippen molar-refractivity contribution in [2.24, 2.45) is 0 Å². The van der Waals surface area contributed by atoms with E-state index in [-0.39, 0.29) is 13.2 Å². The van der Waals surface area contributed by atoms with Crippen molar-refractivity contribution >= 4 is 6.45 Å². The molecule has 4 N–H and O–H groups in total. The first-order valence-corrected chi connectivity index (χ1v) is 5.03. The number of carbonyl (C=O) groups excluding carboxylic acids is 1. The molecule has 1 aliphatic rings. The van der Waals surface area contributed by atoms with Crippen molar-refractivity contribution in [1.29, 1.82) is 0 Å². The summed E-state index contributed by atoms with van der Waals surface area (Å²) in [5, 5.41) is 37.3. The highest BCUT2D eigenvalue weighted by molar-refractivity contribution is 5.36. The molecule has 0 spiro atoms. The maximum atomic E-state index is 10.2. The van der Waals surface area contributed by atoms with Crippen molar-refractivity contribution in [3.8, 4) is 0 Å². The van der Waals surface area contributed by atoms with E-state index in [1.165, 1.54) is 0 Å². The molecular formula is C9H16O8. The maximum Gasteiger partial charge on any atom is 0.293 e. The smallest absolute Gasteiger partial charge is 0.293 e. The first-order valence-electron chi connectivity index (χ1n) is 5.53. The van der Waals surface area contributed by atoms with Gasteiger partial charge in [-0.25, -0.2) is 0 Å². The molecule has 0 amide bonds. The van der Waals surface area contributed by atoms with Gasteiger partial charge in [0.2, 0.25) is 0 Å². The van der Waals surface area contributed by atoms with Gasteiger partial charge in [-0.1, -0.05) is 0 Å². The predicted octanol–water partition coefficient (Wildman–Crippen LogP) is -3.02. The van der Waals surface area contributed by atoms with Crippen molar-refractivity contribution in [2.75, 3.05) is 19.8 Å². The van der Waals surface area contributed by atoms with Crippen LogP contribution in [0.2, 0.25) is 0 Å². The van der Waals surface area contributed by atoms with Gasteiger partial charge < -0.3 is 34.6 Å². The molecule has 8 heteroatoms. The summed E-state index contributed by atoms with van der Waals surface area (Å²) in [6, 6.07) is 0. The second kappa shape index (κ2) is 6.84. The fourth-order valence-electron chi connectivity index (χ4n) is 1.45. The van der Waals surface area contributed by atoms with Gasteiger partial charge in [-0.2, -0.15) is 0 Å². The van der Waals surface area contributed by atoms with E-state index in [1.807, 2.05) is 0 Å². The van der Waals surface area contributed by atoms with E-state index in [9.17, 15) is 20.1 Å². The Morgan fingerprint density at radius 3 is 2.53 bits per heavy atom. The number of rotatable bonds is 5. The molecule has 0 aromatic carbocycles. The Morgan fingerprint density at radius 1 is 1.24 bits per heavy atom. The summed E-state index contributed by atoms with van der Waals surface area (Å²) < 4.78 is 20.7. The average molecular weight is 253 g/mol. The minimum absolute atomic E-state index is 0.159. The molecule has 0 saturated carbocycles. The molecule has 0 aromatic heterocycles. The Labute approximate surface area is 98.7 Å². The quantitative estimate of drug-likeness (QED) is 0.301. The topological polar surface area (TPSA) is 126 Å². The molecule has 1 aliphatic heterocycles. The van der Waals surface area contributed by atoms with E-state index in [0.29, 0.717) is 0 Å². The summed E-state index contributed by atoms with van der Waals surface area (Å²) in [5.41, 5.74) is 0. The van der Waals surface area contributed by atoms with Crippen LogP contribution in [0.25, 0.3) is 0 Å². The van der Waals surface area contributed by atoms with Gasteiger partial charge in [0.25, 0.3) is 6.45 Å². The molecule has 1 saturated heterocycles. The van der Waals surface area contributed by atoms with E-state index in [1.54, 1.807) is 0 Å². The maximum absolute atomic E-state index is 10.2. The minimum atomic E-state index is -1.51. The molecule has 100 valence electrons. The molecule has 0 aromatic rings. The van der Waals surface area contributed by atoms with Crippen LogP contribution in [0, 0.1) is 0 Å². The Morgan fingerprint density at radius 2 is 1.94 bits per heavy atom. The lowest BCUT2D eigenvalue weighted by Crippen LogP contribution is -2.59. The van der Waals surface area contributed by atoms with Crippen molar-refractivity contribution in [3.05, 3.63) is 0 Å². The Balaban J connectivity index is 2.41. The SMILES string of the molecule is [2H]C(=O)OCCO[C@@H]1O[C@H](CO)[C@@H](O)[C@H](O)[C@H]1O. The molecule has 1 rings (SSSR count). The molecule has 0 aliphatic carbocycles. The third kappa shape index (κ3) is 3.60. The first kappa shape index (κ1) is 12.7. The van der Waals surface area contributed by atoms with Gasteiger partial charge in [-0.05, 0) is 0 Å². The van der Waals surface area contributed by atoms with Gasteiger partial charge in [0.15, 0.2) is 7.66 Å². The van der Waals surface area contributed by atoms with Crippen molar-refractivity contribution in [3.63, 3.8) is 0 Å². The van der Waals surface area contributed by atoms with Crippen molar-refractivity contribution < 1.29 is 40.8 Å². The fraction of sp³-hybridized carbons (Fsp3) is 0.889. The Bertz CT molecular complexity index is 273. The number of aliphatic hydroxyl groups excluding tert-OH is 4. The molecule has 17 heavy (non-hydrogen) atoms. The largest absolute Gasteiger partial charge is 0.465 e. The summed E-state index contributed by atoms with van der Waals surface area (Å²) in [6.07, 6.45) is -7.98. The van der Waals surface area contributed by atoms with Crippen LogP contribution in [0.4, 0.5) is 0 Å². The number of hydrogen-bond acceptors (Lipinski definition) is 8. The fourth-order valence-corrected chi connectivity index (χ4v) is 1.45. The van der Waals surface area contributed by atoms with Gasteiger partial charge in [0.05, 0.1) is 13.2 Å². The lowest BCUT2D eigenvalue weighted by Gasteiger charge is -2.39. The average Bonchev–Trinajstić information content (AvgIpc) is 2.34. The van der Waals surface area contributed by atoms with Gasteiger partial charge >= 0.3 is 0 Å². The zero-order valence-electron chi connectivity index (χ0n) is 9.93. The van der Waals surface area contributed by atoms with Gasteiger partial charge in [-0.15, -0.1) is 0 Å². The molecule has 1 heterocycles. The van der Waals surface area contributed by atoms with Gasteiger partial charge in [0, 0.05) is 0 Å². The van der Waals surface area contributed by atoms with Crippen LogP contribution in [0.3, 0.4) is 0 Å². The van der Waals surface area contributed by atoms with Crippen LogP contribution < -0.4 is 0 Å². The van der Waals surface area contributed by atoms with Crippen LogP contribution in [0.15, 0.2) is 0 Å². The molecule has 0 bridgehead atoms. The van der Waals surface area contributed by atoms with E-state index < -0.39 is 43.8 Å². The molecule has 1 fully saturated rings. The summed E-state index contributed by atoms with van der Waals surface area (Å²) >= 11 is 0.